The molecule has 1 atom stereocenters. The molecule has 1 unspecified atom stereocenters. The van der Waals surface area contributed by atoms with Crippen molar-refractivity contribution in [2.45, 2.75) is 31.4 Å². The van der Waals surface area contributed by atoms with E-state index in [2.05, 4.69) is 15.9 Å². The van der Waals surface area contributed by atoms with Gasteiger partial charge in [0.05, 0.1) is 25.4 Å². The SMILES string of the molecule is OCCC1(COCc2cc(Br)cc(C(F)(F)F)c2)OCc2ccccc21. The number of benzene rings is 2. The van der Waals surface area contributed by atoms with Crippen LogP contribution in [-0.4, -0.2) is 18.3 Å². The maximum Gasteiger partial charge on any atom is 0.416 e. The van der Waals surface area contributed by atoms with Crippen molar-refractivity contribution in [1.82, 2.24) is 0 Å². The monoisotopic (exact) mass is 430 g/mol. The van der Waals surface area contributed by atoms with Crippen LogP contribution < -0.4 is 0 Å². The number of rotatable bonds is 6. The van der Waals surface area contributed by atoms with Gasteiger partial charge in [-0.2, -0.15) is 13.2 Å². The number of aliphatic hydroxyl groups is 1. The lowest BCUT2D eigenvalue weighted by atomic mass is 9.90. The largest absolute Gasteiger partial charge is 0.416 e. The fraction of sp³-hybridized carbons (Fsp3) is 0.368. The van der Waals surface area contributed by atoms with Crippen molar-refractivity contribution in [2.24, 2.45) is 0 Å². The molecule has 0 bridgehead atoms. The molecule has 1 aliphatic rings. The predicted octanol–water partition coefficient (Wildman–Crippen LogP) is 4.79. The van der Waals surface area contributed by atoms with Crippen molar-refractivity contribution < 1.29 is 27.8 Å². The minimum atomic E-state index is -4.41. The van der Waals surface area contributed by atoms with E-state index in [1.807, 2.05) is 24.3 Å². The molecule has 0 amide bonds. The summed E-state index contributed by atoms with van der Waals surface area (Å²) in [6.07, 6.45) is -4.06. The Morgan fingerprint density at radius 2 is 1.96 bits per heavy atom. The van der Waals surface area contributed by atoms with Gasteiger partial charge in [-0.25, -0.2) is 0 Å². The van der Waals surface area contributed by atoms with E-state index in [9.17, 15) is 18.3 Å². The summed E-state index contributed by atoms with van der Waals surface area (Å²) in [4.78, 5) is 0. The summed E-state index contributed by atoms with van der Waals surface area (Å²) in [5.74, 6) is 0. The van der Waals surface area contributed by atoms with E-state index in [0.29, 0.717) is 23.1 Å². The quantitative estimate of drug-likeness (QED) is 0.715. The first-order valence-corrected chi connectivity index (χ1v) is 8.91. The number of aliphatic hydroxyl groups excluding tert-OH is 1. The van der Waals surface area contributed by atoms with Gasteiger partial charge in [0.1, 0.15) is 5.60 Å². The molecule has 3 nitrogen and oxygen atoms in total. The second-order valence-corrected chi connectivity index (χ2v) is 7.17. The summed E-state index contributed by atoms with van der Waals surface area (Å²) >= 11 is 3.11. The summed E-state index contributed by atoms with van der Waals surface area (Å²) in [5.41, 5.74) is 0.908. The number of fused-ring (bicyclic) bond motifs is 1. The van der Waals surface area contributed by atoms with Gasteiger partial charge < -0.3 is 14.6 Å². The molecule has 26 heavy (non-hydrogen) atoms. The molecule has 2 aromatic rings. The molecule has 0 fully saturated rings. The summed E-state index contributed by atoms with van der Waals surface area (Å²) in [5, 5.41) is 9.43. The Morgan fingerprint density at radius 3 is 2.69 bits per heavy atom. The highest BCUT2D eigenvalue weighted by Gasteiger charge is 2.40. The first-order chi connectivity index (χ1) is 12.3. The Morgan fingerprint density at radius 1 is 1.19 bits per heavy atom. The highest BCUT2D eigenvalue weighted by molar-refractivity contribution is 9.10. The lowest BCUT2D eigenvalue weighted by molar-refractivity contribution is -0.137. The van der Waals surface area contributed by atoms with Crippen molar-refractivity contribution in [1.29, 1.82) is 0 Å². The number of hydrogen-bond acceptors (Lipinski definition) is 3. The van der Waals surface area contributed by atoms with Crippen molar-refractivity contribution in [2.75, 3.05) is 13.2 Å². The van der Waals surface area contributed by atoms with Crippen molar-refractivity contribution in [3.63, 3.8) is 0 Å². The maximum atomic E-state index is 12.9. The van der Waals surface area contributed by atoms with Gasteiger partial charge in [0, 0.05) is 17.5 Å². The predicted molar refractivity (Wildman–Crippen MR) is 93.4 cm³/mol. The topological polar surface area (TPSA) is 38.7 Å². The van der Waals surface area contributed by atoms with E-state index < -0.39 is 17.3 Å². The average Bonchev–Trinajstić information content (AvgIpc) is 2.93. The minimum Gasteiger partial charge on any atom is -0.396 e. The third kappa shape index (κ3) is 4.11. The Kier molecular flexibility index (Phi) is 5.72. The van der Waals surface area contributed by atoms with E-state index in [1.165, 1.54) is 0 Å². The summed E-state index contributed by atoms with van der Waals surface area (Å²) in [6.45, 7) is 0.515. The van der Waals surface area contributed by atoms with E-state index in [0.717, 1.165) is 23.3 Å². The van der Waals surface area contributed by atoms with E-state index >= 15 is 0 Å². The van der Waals surface area contributed by atoms with E-state index in [-0.39, 0.29) is 19.8 Å². The zero-order valence-electron chi connectivity index (χ0n) is 13.9. The molecule has 0 radical (unpaired) electrons. The first-order valence-electron chi connectivity index (χ1n) is 8.12. The molecule has 0 spiro atoms. The smallest absolute Gasteiger partial charge is 0.396 e. The molecule has 2 aromatic carbocycles. The van der Waals surface area contributed by atoms with Crippen LogP contribution in [0.3, 0.4) is 0 Å². The van der Waals surface area contributed by atoms with Crippen molar-refractivity contribution >= 4 is 15.9 Å². The van der Waals surface area contributed by atoms with Gasteiger partial charge in [0.2, 0.25) is 0 Å². The Balaban J connectivity index is 1.74. The van der Waals surface area contributed by atoms with E-state index in [4.69, 9.17) is 9.47 Å². The Labute approximate surface area is 157 Å². The normalized spacial score (nSPS) is 19.6. The number of ether oxygens (including phenoxy) is 2. The fourth-order valence-electron chi connectivity index (χ4n) is 3.19. The Bertz CT molecular complexity index is 775. The molecule has 0 saturated carbocycles. The van der Waals surface area contributed by atoms with Crippen LogP contribution in [0.25, 0.3) is 0 Å². The van der Waals surface area contributed by atoms with Crippen LogP contribution in [0, 0.1) is 0 Å². The standard InChI is InChI=1S/C19H18BrF3O3/c20-16-8-13(7-15(9-16)19(21,22)23)10-25-12-18(5-6-24)17-4-2-1-3-14(17)11-26-18/h1-4,7-9,24H,5-6,10-12H2. The van der Waals surface area contributed by atoms with E-state index in [1.54, 1.807) is 6.07 Å². The molecule has 1 heterocycles. The fourth-order valence-corrected chi connectivity index (χ4v) is 3.74. The number of alkyl halides is 3. The van der Waals surface area contributed by atoms with Crippen molar-refractivity contribution in [3.05, 3.63) is 69.2 Å². The highest BCUT2D eigenvalue weighted by atomic mass is 79.9. The molecule has 1 aliphatic heterocycles. The molecule has 0 aliphatic carbocycles. The number of hydrogen-bond donors (Lipinski definition) is 1. The minimum absolute atomic E-state index is 0.0151. The zero-order valence-corrected chi connectivity index (χ0v) is 15.4. The van der Waals surface area contributed by atoms with Crippen LogP contribution in [0.15, 0.2) is 46.9 Å². The first kappa shape index (κ1) is 19.4. The van der Waals surface area contributed by atoms with Gasteiger partial charge >= 0.3 is 6.18 Å². The maximum absolute atomic E-state index is 12.9. The second-order valence-electron chi connectivity index (χ2n) is 6.25. The van der Waals surface area contributed by atoms with Crippen LogP contribution in [0.4, 0.5) is 13.2 Å². The van der Waals surface area contributed by atoms with Gasteiger partial charge in [-0.3, -0.25) is 0 Å². The van der Waals surface area contributed by atoms with Gasteiger partial charge in [-0.15, -0.1) is 0 Å². The van der Waals surface area contributed by atoms with Gasteiger partial charge in [-0.05, 0) is 34.9 Å². The molecule has 0 aromatic heterocycles. The Hall–Kier alpha value is -1.41. The molecule has 0 saturated heterocycles. The lowest BCUT2D eigenvalue weighted by Crippen LogP contribution is -2.32. The number of halogens is 4. The summed E-state index contributed by atoms with van der Waals surface area (Å²) in [7, 11) is 0. The summed E-state index contributed by atoms with van der Waals surface area (Å²) < 4.78 is 50.8. The molecular formula is C19H18BrF3O3. The molecule has 3 rings (SSSR count). The van der Waals surface area contributed by atoms with Crippen LogP contribution in [0.2, 0.25) is 0 Å². The molecular weight excluding hydrogens is 413 g/mol. The highest BCUT2D eigenvalue weighted by Crippen LogP contribution is 2.39. The van der Waals surface area contributed by atoms with Crippen molar-refractivity contribution in [3.8, 4) is 0 Å². The zero-order chi connectivity index (χ0) is 18.8. The van der Waals surface area contributed by atoms with Crippen LogP contribution >= 0.6 is 15.9 Å². The van der Waals surface area contributed by atoms with Gasteiger partial charge in [0.25, 0.3) is 0 Å². The molecule has 1 N–H and O–H groups in total. The average molecular weight is 431 g/mol. The third-order valence-electron chi connectivity index (χ3n) is 4.42. The van der Waals surface area contributed by atoms with Crippen LogP contribution in [0.1, 0.15) is 28.7 Å². The third-order valence-corrected chi connectivity index (χ3v) is 4.87. The van der Waals surface area contributed by atoms with Gasteiger partial charge in [0.15, 0.2) is 0 Å². The summed E-state index contributed by atoms with van der Waals surface area (Å²) in [6, 6.07) is 11.4. The van der Waals surface area contributed by atoms with Crippen LogP contribution in [-0.2, 0) is 34.5 Å². The molecule has 7 heteroatoms. The second kappa shape index (κ2) is 7.68. The van der Waals surface area contributed by atoms with Gasteiger partial charge in [-0.1, -0.05) is 40.2 Å². The lowest BCUT2D eigenvalue weighted by Gasteiger charge is -2.29. The molecule has 140 valence electrons. The van der Waals surface area contributed by atoms with Crippen LogP contribution in [0.5, 0.6) is 0 Å².